The Bertz CT molecular complexity index is 600. The van der Waals surface area contributed by atoms with Crippen LogP contribution >= 0.6 is 0 Å². The molecule has 2 heterocycles. The van der Waals surface area contributed by atoms with Crippen molar-refractivity contribution >= 4 is 5.65 Å². The van der Waals surface area contributed by atoms with E-state index < -0.39 is 0 Å². The van der Waals surface area contributed by atoms with Crippen molar-refractivity contribution < 1.29 is 0 Å². The maximum atomic E-state index is 4.36. The molecule has 2 aromatic heterocycles. The first-order valence-electron chi connectivity index (χ1n) is 5.11. The van der Waals surface area contributed by atoms with Crippen LogP contribution < -0.4 is 0 Å². The third-order valence-corrected chi connectivity index (χ3v) is 2.50. The Hall–Kier alpha value is -2.23. The van der Waals surface area contributed by atoms with Crippen LogP contribution in [0.2, 0.25) is 0 Å². The molecular formula is C12H10N4. The second kappa shape index (κ2) is 3.73. The molecule has 0 aliphatic rings. The van der Waals surface area contributed by atoms with E-state index in [2.05, 4.69) is 27.3 Å². The fourth-order valence-electron chi connectivity index (χ4n) is 1.72. The quantitative estimate of drug-likeness (QED) is 0.646. The summed E-state index contributed by atoms with van der Waals surface area (Å²) in [5.74, 6) is 0.953. The summed E-state index contributed by atoms with van der Waals surface area (Å²) in [5.41, 5.74) is 2.07. The normalized spacial score (nSPS) is 10.8. The van der Waals surface area contributed by atoms with Gasteiger partial charge in [0.1, 0.15) is 12.2 Å². The van der Waals surface area contributed by atoms with Gasteiger partial charge in [0, 0.05) is 18.7 Å². The topological polar surface area (TPSA) is 43.1 Å². The standard InChI is InChI=1S/C12H10N4/c1-2-4-10(5-3-1)8-12-13-7-6-11-15-14-9-16(11)12/h1-7,9H,8H2. The van der Waals surface area contributed by atoms with Gasteiger partial charge in [-0.15, -0.1) is 10.2 Å². The molecule has 0 amide bonds. The molecule has 0 bridgehead atoms. The first-order chi connectivity index (χ1) is 7.93. The lowest BCUT2D eigenvalue weighted by Gasteiger charge is -2.03. The summed E-state index contributed by atoms with van der Waals surface area (Å²) in [6.45, 7) is 0. The van der Waals surface area contributed by atoms with Gasteiger partial charge in [-0.2, -0.15) is 0 Å². The zero-order valence-corrected chi connectivity index (χ0v) is 8.61. The lowest BCUT2D eigenvalue weighted by molar-refractivity contribution is 0.916. The molecule has 0 spiro atoms. The van der Waals surface area contributed by atoms with Gasteiger partial charge in [0.05, 0.1) is 0 Å². The molecule has 0 aliphatic heterocycles. The van der Waals surface area contributed by atoms with E-state index in [0.717, 1.165) is 17.9 Å². The van der Waals surface area contributed by atoms with Gasteiger partial charge in [0.15, 0.2) is 5.65 Å². The smallest absolute Gasteiger partial charge is 0.163 e. The maximum Gasteiger partial charge on any atom is 0.163 e. The van der Waals surface area contributed by atoms with Gasteiger partial charge in [-0.1, -0.05) is 30.3 Å². The molecule has 0 atom stereocenters. The molecule has 16 heavy (non-hydrogen) atoms. The third-order valence-electron chi connectivity index (χ3n) is 2.50. The zero-order chi connectivity index (χ0) is 10.8. The first kappa shape index (κ1) is 9.03. The average Bonchev–Trinajstić information content (AvgIpc) is 2.80. The van der Waals surface area contributed by atoms with E-state index in [-0.39, 0.29) is 0 Å². The summed E-state index contributed by atoms with van der Waals surface area (Å²) >= 11 is 0. The largest absolute Gasteiger partial charge is 0.269 e. The van der Waals surface area contributed by atoms with E-state index >= 15 is 0 Å². The Morgan fingerprint density at radius 3 is 2.81 bits per heavy atom. The van der Waals surface area contributed by atoms with Gasteiger partial charge < -0.3 is 0 Å². The molecule has 4 heteroatoms. The van der Waals surface area contributed by atoms with Gasteiger partial charge in [-0.25, -0.2) is 4.98 Å². The van der Waals surface area contributed by atoms with Crippen LogP contribution in [0, 0.1) is 0 Å². The SMILES string of the molecule is c1ccc(Cc2nccc3nncn23)cc1. The molecule has 0 unspecified atom stereocenters. The molecule has 78 valence electrons. The molecule has 1 aromatic carbocycles. The van der Waals surface area contributed by atoms with Crippen LogP contribution in [0.1, 0.15) is 11.4 Å². The van der Waals surface area contributed by atoms with Crippen LogP contribution in [-0.2, 0) is 6.42 Å². The van der Waals surface area contributed by atoms with Crippen molar-refractivity contribution in [3.05, 3.63) is 60.3 Å². The predicted molar refractivity (Wildman–Crippen MR) is 60.0 cm³/mol. The molecule has 0 radical (unpaired) electrons. The highest BCUT2D eigenvalue weighted by Crippen LogP contribution is 2.08. The van der Waals surface area contributed by atoms with Crippen molar-refractivity contribution in [1.29, 1.82) is 0 Å². The van der Waals surface area contributed by atoms with Crippen molar-refractivity contribution in [2.75, 3.05) is 0 Å². The Morgan fingerprint density at radius 1 is 1.06 bits per heavy atom. The maximum absolute atomic E-state index is 4.36. The summed E-state index contributed by atoms with van der Waals surface area (Å²) in [5, 5.41) is 7.87. The molecule has 0 saturated carbocycles. The molecule has 0 N–H and O–H groups in total. The van der Waals surface area contributed by atoms with Gasteiger partial charge >= 0.3 is 0 Å². The monoisotopic (exact) mass is 210 g/mol. The van der Waals surface area contributed by atoms with Gasteiger partial charge in [0.25, 0.3) is 0 Å². The molecule has 0 saturated heterocycles. The van der Waals surface area contributed by atoms with Crippen LogP contribution in [0.15, 0.2) is 48.9 Å². The summed E-state index contributed by atoms with van der Waals surface area (Å²) < 4.78 is 1.91. The van der Waals surface area contributed by atoms with E-state index in [9.17, 15) is 0 Å². The minimum atomic E-state index is 0.788. The van der Waals surface area contributed by atoms with E-state index in [0.29, 0.717) is 0 Å². The van der Waals surface area contributed by atoms with Gasteiger partial charge in [0.2, 0.25) is 0 Å². The van der Waals surface area contributed by atoms with Crippen molar-refractivity contribution in [3.8, 4) is 0 Å². The minimum absolute atomic E-state index is 0.788. The predicted octanol–water partition coefficient (Wildman–Crippen LogP) is 1.72. The second-order valence-corrected chi connectivity index (χ2v) is 3.58. The number of benzene rings is 1. The van der Waals surface area contributed by atoms with Crippen LogP contribution in [0.5, 0.6) is 0 Å². The van der Waals surface area contributed by atoms with Crippen molar-refractivity contribution in [1.82, 2.24) is 19.6 Å². The summed E-state index contributed by atoms with van der Waals surface area (Å²) in [6, 6.07) is 12.1. The fraction of sp³-hybridized carbons (Fsp3) is 0.0833. The third kappa shape index (κ3) is 1.54. The van der Waals surface area contributed by atoms with Crippen molar-refractivity contribution in [2.45, 2.75) is 6.42 Å². The Labute approximate surface area is 92.6 Å². The molecule has 0 fully saturated rings. The first-order valence-corrected chi connectivity index (χ1v) is 5.11. The number of rotatable bonds is 2. The van der Waals surface area contributed by atoms with Crippen LogP contribution in [-0.4, -0.2) is 19.6 Å². The number of aromatic nitrogens is 4. The van der Waals surface area contributed by atoms with E-state index in [4.69, 9.17) is 0 Å². The lowest BCUT2D eigenvalue weighted by atomic mass is 10.1. The molecule has 0 aliphatic carbocycles. The van der Waals surface area contributed by atoms with Crippen LogP contribution in [0.4, 0.5) is 0 Å². The summed E-state index contributed by atoms with van der Waals surface area (Å²) in [4.78, 5) is 4.36. The Kier molecular flexibility index (Phi) is 2.11. The molecular weight excluding hydrogens is 200 g/mol. The average molecular weight is 210 g/mol. The summed E-state index contributed by atoms with van der Waals surface area (Å²) in [7, 11) is 0. The van der Waals surface area contributed by atoms with E-state index in [1.165, 1.54) is 5.56 Å². The highest BCUT2D eigenvalue weighted by Gasteiger charge is 2.03. The highest BCUT2D eigenvalue weighted by atomic mass is 15.2. The lowest BCUT2D eigenvalue weighted by Crippen LogP contribution is -2.00. The minimum Gasteiger partial charge on any atom is -0.269 e. The number of nitrogens with zero attached hydrogens (tertiary/aromatic N) is 4. The number of hydrogen-bond acceptors (Lipinski definition) is 3. The van der Waals surface area contributed by atoms with E-state index in [1.807, 2.05) is 28.7 Å². The second-order valence-electron chi connectivity index (χ2n) is 3.58. The zero-order valence-electron chi connectivity index (χ0n) is 8.61. The van der Waals surface area contributed by atoms with Crippen molar-refractivity contribution in [3.63, 3.8) is 0 Å². The van der Waals surface area contributed by atoms with Crippen molar-refractivity contribution in [2.24, 2.45) is 0 Å². The fourth-order valence-corrected chi connectivity index (χ4v) is 1.72. The summed E-state index contributed by atoms with van der Waals surface area (Å²) in [6.07, 6.45) is 4.25. The Balaban J connectivity index is 2.04. The molecule has 4 nitrogen and oxygen atoms in total. The number of hydrogen-bond donors (Lipinski definition) is 0. The van der Waals surface area contributed by atoms with Crippen LogP contribution in [0.3, 0.4) is 0 Å². The number of fused-ring (bicyclic) bond motifs is 1. The Morgan fingerprint density at radius 2 is 1.94 bits per heavy atom. The van der Waals surface area contributed by atoms with Gasteiger partial charge in [-0.05, 0) is 5.56 Å². The molecule has 3 rings (SSSR count). The van der Waals surface area contributed by atoms with E-state index in [1.54, 1.807) is 12.5 Å². The molecule has 3 aromatic rings. The van der Waals surface area contributed by atoms with Gasteiger partial charge in [-0.3, -0.25) is 4.40 Å². The highest BCUT2D eigenvalue weighted by molar-refractivity contribution is 5.36. The van der Waals surface area contributed by atoms with Crippen LogP contribution in [0.25, 0.3) is 5.65 Å².